The Morgan fingerprint density at radius 2 is 1.66 bits per heavy atom. The lowest BCUT2D eigenvalue weighted by Gasteiger charge is -2.73. The average Bonchev–Trinajstić information content (AvgIpc) is 3.86. The minimum Gasteiger partial charge on any atom is -0.497 e. The molecule has 5 aliphatic carbocycles. The molecule has 0 spiro atoms. The zero-order chi connectivity index (χ0) is 35.4. The molecule has 2 aromatic rings. The van der Waals surface area contributed by atoms with Crippen LogP contribution in [0.1, 0.15) is 137 Å². The van der Waals surface area contributed by atoms with E-state index in [0.29, 0.717) is 39.9 Å². The SMILES string of the molecule is C=C(C)[C@@H]1CC[C@]2(C(=O)N3CCCC3c3ncc(-c4ccc(OC)cc4)[nH]3)CC[C@]3(C)[C@H](CC[C@@H]4[C@@]5(C)CC[C@H](C)C(C)(C)[C@@H]5CC[C@]43C)[C@@H]12. The van der Waals surface area contributed by atoms with Crippen LogP contribution >= 0.6 is 0 Å². The Balaban J connectivity index is 1.11. The normalized spacial score (nSPS) is 43.4. The quantitative estimate of drug-likeness (QED) is 0.320. The van der Waals surface area contributed by atoms with Gasteiger partial charge in [-0.3, -0.25) is 4.79 Å². The van der Waals surface area contributed by atoms with Crippen LogP contribution in [0.25, 0.3) is 11.3 Å². The van der Waals surface area contributed by atoms with Gasteiger partial charge in [0, 0.05) is 6.54 Å². The summed E-state index contributed by atoms with van der Waals surface area (Å²) in [5.41, 5.74) is 4.51. The number of amides is 1. The molecule has 6 aliphatic rings. The summed E-state index contributed by atoms with van der Waals surface area (Å²) in [5.74, 6) is 6.02. The molecule has 6 fully saturated rings. The van der Waals surface area contributed by atoms with Gasteiger partial charge < -0.3 is 14.6 Å². The van der Waals surface area contributed by atoms with Crippen molar-refractivity contribution in [3.63, 3.8) is 0 Å². The number of benzene rings is 1. The Labute approximate surface area is 302 Å². The van der Waals surface area contributed by atoms with Crippen molar-refractivity contribution in [1.29, 1.82) is 0 Å². The maximum atomic E-state index is 15.4. The molecule has 5 heteroatoms. The number of hydrogen-bond donors (Lipinski definition) is 1. The van der Waals surface area contributed by atoms with Crippen molar-refractivity contribution < 1.29 is 9.53 Å². The standard InChI is InChI=1S/C45H65N3O2/c1-28(2)32-19-23-45(40(49)48-26-10-11-35(48)39-46-27-34(47-39)30-12-14-31(50-9)15-13-30)25-24-43(7)33(38(32)45)16-17-37-42(6)21-18-29(3)41(4,5)36(42)20-22-44(37,43)8/h12-15,27,29,32-33,35-38H,1,10-11,16-26H2,2-9H3,(H,46,47)/t29-,32-,33+,35?,36-,37+,38+,42-,43+,44+,45-/m0/s1. The molecule has 1 aromatic carbocycles. The molecule has 1 aromatic heterocycles. The van der Waals surface area contributed by atoms with Crippen LogP contribution in [-0.2, 0) is 4.79 Å². The molecule has 11 atom stereocenters. The number of rotatable bonds is 5. The fraction of sp³-hybridized carbons (Fsp3) is 0.733. The van der Waals surface area contributed by atoms with E-state index in [-0.39, 0.29) is 16.9 Å². The molecule has 5 nitrogen and oxygen atoms in total. The maximum Gasteiger partial charge on any atom is 0.229 e. The van der Waals surface area contributed by atoms with Gasteiger partial charge in [-0.05, 0) is 171 Å². The van der Waals surface area contributed by atoms with E-state index >= 15 is 4.79 Å². The second-order valence-electron chi connectivity index (χ2n) is 19.7. The molecule has 1 unspecified atom stereocenters. The van der Waals surface area contributed by atoms with Crippen molar-refractivity contribution in [2.24, 2.45) is 62.6 Å². The maximum absolute atomic E-state index is 15.4. The summed E-state index contributed by atoms with van der Waals surface area (Å²) in [6, 6.07) is 8.15. The van der Waals surface area contributed by atoms with Crippen molar-refractivity contribution in [3.05, 3.63) is 48.4 Å². The number of nitrogens with one attached hydrogen (secondary N) is 1. The molecule has 50 heavy (non-hydrogen) atoms. The molecule has 0 radical (unpaired) electrons. The molecule has 5 saturated carbocycles. The Hall–Kier alpha value is -2.56. The number of allylic oxidation sites excluding steroid dienone is 1. The van der Waals surface area contributed by atoms with E-state index < -0.39 is 0 Å². The van der Waals surface area contributed by atoms with Gasteiger partial charge in [-0.1, -0.05) is 53.7 Å². The highest BCUT2D eigenvalue weighted by Crippen LogP contribution is 2.78. The lowest BCUT2D eigenvalue weighted by atomic mass is 9.32. The summed E-state index contributed by atoms with van der Waals surface area (Å²) < 4.78 is 5.38. The fourth-order valence-electron chi connectivity index (χ4n) is 14.7. The Morgan fingerprint density at radius 3 is 2.38 bits per heavy atom. The molecular weight excluding hydrogens is 615 g/mol. The summed E-state index contributed by atoms with van der Waals surface area (Å²) in [5, 5.41) is 0. The van der Waals surface area contributed by atoms with Crippen LogP contribution in [0, 0.1) is 62.6 Å². The van der Waals surface area contributed by atoms with E-state index in [9.17, 15) is 0 Å². The number of hydrogen-bond acceptors (Lipinski definition) is 3. The van der Waals surface area contributed by atoms with E-state index in [0.717, 1.165) is 79.2 Å². The monoisotopic (exact) mass is 680 g/mol. The van der Waals surface area contributed by atoms with Gasteiger partial charge in [0.25, 0.3) is 0 Å². The first-order valence-corrected chi connectivity index (χ1v) is 20.4. The minimum atomic E-state index is -0.283. The molecule has 1 aliphatic heterocycles. The zero-order valence-electron chi connectivity index (χ0n) is 32.5. The first-order chi connectivity index (χ1) is 23.7. The highest BCUT2D eigenvalue weighted by atomic mass is 16.5. The third-order valence-electron chi connectivity index (χ3n) is 17.9. The number of aromatic nitrogens is 2. The van der Waals surface area contributed by atoms with E-state index in [1.807, 2.05) is 18.3 Å². The predicted octanol–water partition coefficient (Wildman–Crippen LogP) is 11.0. The number of likely N-dealkylation sites (tertiary alicyclic amines) is 1. The number of nitrogens with zero attached hydrogens (tertiary/aromatic N) is 2. The van der Waals surface area contributed by atoms with Gasteiger partial charge in [0.15, 0.2) is 0 Å². The molecular formula is C45H65N3O2. The first kappa shape index (κ1) is 34.5. The lowest BCUT2D eigenvalue weighted by molar-refractivity contribution is -0.242. The van der Waals surface area contributed by atoms with Crippen molar-refractivity contribution in [2.75, 3.05) is 13.7 Å². The number of fused-ring (bicyclic) bond motifs is 7. The van der Waals surface area contributed by atoms with Crippen molar-refractivity contribution >= 4 is 5.91 Å². The van der Waals surface area contributed by atoms with Gasteiger partial charge in [0.1, 0.15) is 11.6 Å². The molecule has 0 bridgehead atoms. The summed E-state index contributed by atoms with van der Waals surface area (Å²) in [7, 11) is 1.70. The Morgan fingerprint density at radius 1 is 0.900 bits per heavy atom. The highest BCUT2D eigenvalue weighted by Gasteiger charge is 2.72. The van der Waals surface area contributed by atoms with Crippen LogP contribution in [-0.4, -0.2) is 34.4 Å². The lowest BCUT2D eigenvalue weighted by Crippen LogP contribution is -2.67. The molecule has 1 saturated heterocycles. The minimum absolute atomic E-state index is 0.0160. The van der Waals surface area contributed by atoms with Crippen molar-refractivity contribution in [2.45, 2.75) is 132 Å². The second kappa shape index (κ2) is 11.7. The number of imidazole rings is 1. The Kier molecular flexibility index (Phi) is 8.09. The third-order valence-corrected chi connectivity index (χ3v) is 17.9. The second-order valence-corrected chi connectivity index (χ2v) is 19.7. The van der Waals surface area contributed by atoms with Gasteiger partial charge in [-0.15, -0.1) is 0 Å². The number of H-pyrrole nitrogens is 1. The summed E-state index contributed by atoms with van der Waals surface area (Å²) in [6.45, 7) is 23.6. The van der Waals surface area contributed by atoms with Crippen LogP contribution in [0.3, 0.4) is 0 Å². The average molecular weight is 680 g/mol. The van der Waals surface area contributed by atoms with Gasteiger partial charge in [0.2, 0.25) is 5.91 Å². The van der Waals surface area contributed by atoms with Crippen LogP contribution in [0.15, 0.2) is 42.6 Å². The predicted molar refractivity (Wildman–Crippen MR) is 202 cm³/mol. The summed E-state index contributed by atoms with van der Waals surface area (Å²) in [4.78, 5) is 26.3. The van der Waals surface area contributed by atoms with Crippen LogP contribution in [0.5, 0.6) is 5.75 Å². The highest BCUT2D eigenvalue weighted by molar-refractivity contribution is 5.84. The van der Waals surface area contributed by atoms with E-state index in [2.05, 4.69) is 77.1 Å². The first-order valence-electron chi connectivity index (χ1n) is 20.4. The topological polar surface area (TPSA) is 58.2 Å². The summed E-state index contributed by atoms with van der Waals surface area (Å²) >= 11 is 0. The molecule has 8 rings (SSSR count). The molecule has 272 valence electrons. The van der Waals surface area contributed by atoms with Gasteiger partial charge in [0.05, 0.1) is 30.5 Å². The Bertz CT molecular complexity index is 1640. The van der Waals surface area contributed by atoms with E-state index in [1.165, 1.54) is 50.5 Å². The fourth-order valence-corrected chi connectivity index (χ4v) is 14.7. The zero-order valence-corrected chi connectivity index (χ0v) is 32.5. The van der Waals surface area contributed by atoms with Gasteiger partial charge in [-0.2, -0.15) is 0 Å². The molecule has 2 heterocycles. The van der Waals surface area contributed by atoms with Crippen LogP contribution in [0.2, 0.25) is 0 Å². The van der Waals surface area contributed by atoms with Crippen molar-refractivity contribution in [1.82, 2.24) is 14.9 Å². The van der Waals surface area contributed by atoms with Crippen LogP contribution in [0.4, 0.5) is 0 Å². The third kappa shape index (κ3) is 4.62. The van der Waals surface area contributed by atoms with Gasteiger partial charge in [-0.25, -0.2) is 4.98 Å². The van der Waals surface area contributed by atoms with Crippen molar-refractivity contribution in [3.8, 4) is 17.0 Å². The number of aromatic amines is 1. The molecule has 1 N–H and O–H groups in total. The number of carbonyl (C=O) groups excluding carboxylic acids is 1. The van der Waals surface area contributed by atoms with Crippen LogP contribution < -0.4 is 4.74 Å². The van der Waals surface area contributed by atoms with Gasteiger partial charge >= 0.3 is 0 Å². The number of carbonyl (C=O) groups is 1. The van der Waals surface area contributed by atoms with E-state index in [4.69, 9.17) is 9.72 Å². The van der Waals surface area contributed by atoms with E-state index in [1.54, 1.807) is 7.11 Å². The largest absolute Gasteiger partial charge is 0.497 e. The number of ether oxygens (including phenoxy) is 1. The summed E-state index contributed by atoms with van der Waals surface area (Å²) in [6.07, 6.45) is 16.4. The number of methoxy groups -OCH3 is 1. The smallest absolute Gasteiger partial charge is 0.229 e. The molecule has 1 amide bonds.